The maximum absolute atomic E-state index is 12.6. The van der Waals surface area contributed by atoms with Crippen LogP contribution in [0.3, 0.4) is 0 Å². The Balaban J connectivity index is 1.37. The molecule has 0 aliphatic rings. The van der Waals surface area contributed by atoms with Crippen molar-refractivity contribution in [2.75, 3.05) is 5.32 Å². The zero-order valence-electron chi connectivity index (χ0n) is 16.0. The number of rotatable bonds is 4. The Morgan fingerprint density at radius 2 is 1.70 bits per heavy atom. The van der Waals surface area contributed by atoms with Crippen molar-refractivity contribution in [3.05, 3.63) is 90.5 Å². The van der Waals surface area contributed by atoms with Crippen molar-refractivity contribution >= 4 is 43.9 Å². The second kappa shape index (κ2) is 7.61. The number of phenols is 1. The molecule has 5 heteroatoms. The SMILES string of the molecule is O=C(Cc1ccc2ccccc2c1)Nc1ccc(O)c(-c2nc3ccccc3s2)c1. The maximum atomic E-state index is 12.6. The number of nitrogens with zero attached hydrogens (tertiary/aromatic N) is 1. The number of para-hydroxylation sites is 1. The lowest BCUT2D eigenvalue weighted by molar-refractivity contribution is -0.115. The smallest absolute Gasteiger partial charge is 0.228 e. The van der Waals surface area contributed by atoms with Crippen LogP contribution in [0.5, 0.6) is 5.75 Å². The van der Waals surface area contributed by atoms with E-state index >= 15 is 0 Å². The van der Waals surface area contributed by atoms with Gasteiger partial charge in [0.2, 0.25) is 5.91 Å². The van der Waals surface area contributed by atoms with E-state index in [1.54, 1.807) is 18.2 Å². The van der Waals surface area contributed by atoms with E-state index < -0.39 is 0 Å². The molecule has 0 bridgehead atoms. The van der Waals surface area contributed by atoms with Crippen molar-refractivity contribution in [1.29, 1.82) is 0 Å². The van der Waals surface area contributed by atoms with Crippen molar-refractivity contribution in [2.45, 2.75) is 6.42 Å². The Morgan fingerprint density at radius 1 is 0.900 bits per heavy atom. The Bertz CT molecular complexity index is 1360. The third kappa shape index (κ3) is 3.63. The summed E-state index contributed by atoms with van der Waals surface area (Å²) in [7, 11) is 0. The molecular formula is C25H18N2O2S. The molecule has 146 valence electrons. The molecule has 2 N–H and O–H groups in total. The Hall–Kier alpha value is -3.70. The van der Waals surface area contributed by atoms with Crippen LogP contribution in [-0.2, 0) is 11.2 Å². The van der Waals surface area contributed by atoms with Crippen molar-refractivity contribution in [1.82, 2.24) is 4.98 Å². The van der Waals surface area contributed by atoms with Gasteiger partial charge in [-0.05, 0) is 46.7 Å². The predicted molar refractivity (Wildman–Crippen MR) is 123 cm³/mol. The number of hydrogen-bond donors (Lipinski definition) is 2. The summed E-state index contributed by atoms with van der Waals surface area (Å²) in [5.41, 5.74) is 3.09. The van der Waals surface area contributed by atoms with Gasteiger partial charge in [0.1, 0.15) is 10.8 Å². The first kappa shape index (κ1) is 18.3. The normalized spacial score (nSPS) is 11.1. The van der Waals surface area contributed by atoms with E-state index in [0.717, 1.165) is 31.6 Å². The minimum absolute atomic E-state index is 0.105. The first-order valence-electron chi connectivity index (χ1n) is 9.62. The molecule has 0 aliphatic heterocycles. The lowest BCUT2D eigenvalue weighted by Gasteiger charge is -2.09. The highest BCUT2D eigenvalue weighted by Gasteiger charge is 2.13. The van der Waals surface area contributed by atoms with E-state index in [1.165, 1.54) is 11.3 Å². The fourth-order valence-corrected chi connectivity index (χ4v) is 4.50. The van der Waals surface area contributed by atoms with Crippen LogP contribution in [0.1, 0.15) is 5.56 Å². The Morgan fingerprint density at radius 3 is 2.57 bits per heavy atom. The van der Waals surface area contributed by atoms with Gasteiger partial charge in [-0.25, -0.2) is 4.98 Å². The van der Waals surface area contributed by atoms with Gasteiger partial charge >= 0.3 is 0 Å². The van der Waals surface area contributed by atoms with Crippen LogP contribution in [0.4, 0.5) is 5.69 Å². The van der Waals surface area contributed by atoms with Gasteiger partial charge in [-0.3, -0.25) is 4.79 Å². The summed E-state index contributed by atoms with van der Waals surface area (Å²) >= 11 is 1.51. The van der Waals surface area contributed by atoms with Crippen molar-refractivity contribution < 1.29 is 9.90 Å². The molecule has 0 aliphatic carbocycles. The molecule has 4 nitrogen and oxygen atoms in total. The topological polar surface area (TPSA) is 62.2 Å². The monoisotopic (exact) mass is 410 g/mol. The second-order valence-corrected chi connectivity index (χ2v) is 8.16. The van der Waals surface area contributed by atoms with Gasteiger partial charge in [0, 0.05) is 5.69 Å². The molecule has 0 radical (unpaired) electrons. The van der Waals surface area contributed by atoms with Gasteiger partial charge in [-0.15, -0.1) is 11.3 Å². The van der Waals surface area contributed by atoms with E-state index in [2.05, 4.69) is 16.4 Å². The third-order valence-electron chi connectivity index (χ3n) is 4.98. The summed E-state index contributed by atoms with van der Waals surface area (Å²) in [6, 6.07) is 27.1. The largest absolute Gasteiger partial charge is 0.507 e. The number of hydrogen-bond acceptors (Lipinski definition) is 4. The van der Waals surface area contributed by atoms with Gasteiger partial charge in [-0.1, -0.05) is 54.6 Å². The molecule has 0 unspecified atom stereocenters. The highest BCUT2D eigenvalue weighted by molar-refractivity contribution is 7.21. The summed E-state index contributed by atoms with van der Waals surface area (Å²) in [5.74, 6) is 0.0350. The first-order chi connectivity index (χ1) is 14.7. The van der Waals surface area contributed by atoms with Crippen LogP contribution in [0.2, 0.25) is 0 Å². The number of anilines is 1. The van der Waals surface area contributed by atoms with Crippen molar-refractivity contribution in [2.24, 2.45) is 0 Å². The summed E-state index contributed by atoms with van der Waals surface area (Å²) in [4.78, 5) is 17.2. The molecule has 0 atom stereocenters. The number of aromatic hydroxyl groups is 1. The van der Waals surface area contributed by atoms with Crippen molar-refractivity contribution in [3.8, 4) is 16.3 Å². The van der Waals surface area contributed by atoms with Crippen molar-refractivity contribution in [3.63, 3.8) is 0 Å². The molecule has 0 saturated carbocycles. The quantitative estimate of drug-likeness (QED) is 0.357. The second-order valence-electron chi connectivity index (χ2n) is 7.13. The summed E-state index contributed by atoms with van der Waals surface area (Å²) in [6.07, 6.45) is 0.280. The number of benzene rings is 4. The van der Waals surface area contributed by atoms with E-state index in [4.69, 9.17) is 0 Å². The van der Waals surface area contributed by atoms with Crippen LogP contribution < -0.4 is 5.32 Å². The molecule has 1 heterocycles. The summed E-state index contributed by atoms with van der Waals surface area (Å²) in [5, 5.41) is 16.3. The average Bonchev–Trinajstić information content (AvgIpc) is 3.19. The highest BCUT2D eigenvalue weighted by Crippen LogP contribution is 2.36. The molecule has 4 aromatic carbocycles. The summed E-state index contributed by atoms with van der Waals surface area (Å²) in [6.45, 7) is 0. The molecule has 1 amide bonds. The zero-order chi connectivity index (χ0) is 20.5. The molecular weight excluding hydrogens is 392 g/mol. The number of phenolic OH excluding ortho intramolecular Hbond substituents is 1. The van der Waals surface area contributed by atoms with Crippen LogP contribution in [-0.4, -0.2) is 16.0 Å². The highest BCUT2D eigenvalue weighted by atomic mass is 32.1. The zero-order valence-corrected chi connectivity index (χ0v) is 16.8. The minimum Gasteiger partial charge on any atom is -0.507 e. The molecule has 5 aromatic rings. The molecule has 30 heavy (non-hydrogen) atoms. The standard InChI is InChI=1S/C25H18N2O2S/c28-22-12-11-19(15-20(22)25-27-21-7-3-4-8-23(21)30-25)26-24(29)14-16-9-10-17-5-1-2-6-18(17)13-16/h1-13,15,28H,14H2,(H,26,29). The maximum Gasteiger partial charge on any atom is 0.228 e. The van der Waals surface area contributed by atoms with Crippen LogP contribution >= 0.6 is 11.3 Å². The van der Waals surface area contributed by atoms with Gasteiger partial charge in [0.15, 0.2) is 0 Å². The van der Waals surface area contributed by atoms with Gasteiger partial charge in [0.25, 0.3) is 0 Å². The molecule has 0 spiro atoms. The molecule has 0 saturated heterocycles. The fraction of sp³-hybridized carbons (Fsp3) is 0.0400. The number of nitrogens with one attached hydrogen (secondary N) is 1. The third-order valence-corrected chi connectivity index (χ3v) is 6.05. The number of aromatic nitrogens is 1. The minimum atomic E-state index is -0.105. The van der Waals surface area contributed by atoms with E-state index in [9.17, 15) is 9.90 Å². The van der Waals surface area contributed by atoms with Crippen LogP contribution in [0, 0.1) is 0 Å². The van der Waals surface area contributed by atoms with Crippen LogP contribution in [0.15, 0.2) is 84.9 Å². The number of thiazole rings is 1. The lowest BCUT2D eigenvalue weighted by atomic mass is 10.0. The Labute approximate surface area is 177 Å². The van der Waals surface area contributed by atoms with E-state index in [-0.39, 0.29) is 18.1 Å². The summed E-state index contributed by atoms with van der Waals surface area (Å²) < 4.78 is 1.05. The molecule has 1 aromatic heterocycles. The predicted octanol–water partition coefficient (Wildman–Crippen LogP) is 6.00. The number of carbonyl (C=O) groups excluding carboxylic acids is 1. The number of fused-ring (bicyclic) bond motifs is 2. The fourth-order valence-electron chi connectivity index (χ4n) is 3.51. The molecule has 5 rings (SSSR count). The average molecular weight is 410 g/mol. The van der Waals surface area contributed by atoms with Gasteiger partial charge in [0.05, 0.1) is 22.2 Å². The van der Waals surface area contributed by atoms with Gasteiger partial charge in [-0.2, -0.15) is 0 Å². The molecule has 0 fully saturated rings. The number of carbonyl (C=O) groups is 1. The van der Waals surface area contributed by atoms with Gasteiger partial charge < -0.3 is 10.4 Å². The van der Waals surface area contributed by atoms with Crippen LogP contribution in [0.25, 0.3) is 31.6 Å². The van der Waals surface area contributed by atoms with E-state index in [0.29, 0.717) is 11.3 Å². The van der Waals surface area contributed by atoms with E-state index in [1.807, 2.05) is 60.7 Å². The first-order valence-corrected chi connectivity index (χ1v) is 10.4. The number of amides is 1. The Kier molecular flexibility index (Phi) is 4.65. The lowest BCUT2D eigenvalue weighted by Crippen LogP contribution is -2.14.